The molecule has 4 heteroatoms. The Morgan fingerprint density at radius 2 is 2.40 bits per heavy atom. The summed E-state index contributed by atoms with van der Waals surface area (Å²) in [5.74, 6) is 0. The van der Waals surface area contributed by atoms with Gasteiger partial charge in [0.25, 0.3) is 0 Å². The summed E-state index contributed by atoms with van der Waals surface area (Å²) in [6, 6.07) is 0.125. The maximum Gasteiger partial charge on any atom is 0.0850 e. The minimum absolute atomic E-state index is 0.125. The normalized spacial score (nSPS) is 25.4. The van der Waals surface area contributed by atoms with Gasteiger partial charge in [-0.1, -0.05) is 0 Å². The molecule has 1 aliphatic heterocycles. The first-order valence-electron chi connectivity index (χ1n) is 5.91. The van der Waals surface area contributed by atoms with E-state index >= 15 is 0 Å². The van der Waals surface area contributed by atoms with Gasteiger partial charge in [-0.3, -0.25) is 4.90 Å². The van der Waals surface area contributed by atoms with Crippen molar-refractivity contribution in [1.82, 2.24) is 4.90 Å². The molecule has 0 aromatic rings. The van der Waals surface area contributed by atoms with Crippen molar-refractivity contribution in [1.29, 1.82) is 0 Å². The first-order valence-corrected chi connectivity index (χ1v) is 5.91. The first kappa shape index (κ1) is 12.9. The molecule has 2 N–H and O–H groups in total. The molecule has 15 heavy (non-hydrogen) atoms. The van der Waals surface area contributed by atoms with Crippen LogP contribution in [0, 0.1) is 0 Å². The van der Waals surface area contributed by atoms with E-state index in [1.54, 1.807) is 0 Å². The van der Waals surface area contributed by atoms with E-state index in [2.05, 4.69) is 4.90 Å². The summed E-state index contributed by atoms with van der Waals surface area (Å²) in [7, 11) is 0. The van der Waals surface area contributed by atoms with Crippen LogP contribution in [-0.4, -0.2) is 56.5 Å². The molecule has 1 rings (SSSR count). The molecule has 1 heterocycles. The summed E-state index contributed by atoms with van der Waals surface area (Å²) in [6.07, 6.45) is 1.30. The van der Waals surface area contributed by atoms with E-state index in [1.165, 1.54) is 0 Å². The Hall–Kier alpha value is -0.160. The maximum absolute atomic E-state index is 5.83. The number of nitrogens with two attached hydrogens (primary N) is 1. The van der Waals surface area contributed by atoms with E-state index in [1.807, 2.05) is 13.8 Å². The summed E-state index contributed by atoms with van der Waals surface area (Å²) >= 11 is 0. The molecule has 0 aliphatic carbocycles. The monoisotopic (exact) mass is 216 g/mol. The molecule has 1 saturated heterocycles. The average molecular weight is 216 g/mol. The molecule has 90 valence electrons. The highest BCUT2D eigenvalue weighted by Gasteiger charge is 2.22. The van der Waals surface area contributed by atoms with Crippen LogP contribution in [0.4, 0.5) is 0 Å². The second-order valence-electron chi connectivity index (χ2n) is 4.12. The third-order valence-corrected chi connectivity index (χ3v) is 2.73. The van der Waals surface area contributed by atoms with Crippen molar-refractivity contribution in [2.75, 3.05) is 39.5 Å². The van der Waals surface area contributed by atoms with E-state index in [0.717, 1.165) is 45.9 Å². The minimum atomic E-state index is 0.125. The summed E-state index contributed by atoms with van der Waals surface area (Å²) in [5.41, 5.74) is 5.83. The third-order valence-electron chi connectivity index (χ3n) is 2.73. The zero-order valence-electron chi connectivity index (χ0n) is 9.95. The molecule has 0 aromatic heterocycles. The van der Waals surface area contributed by atoms with Gasteiger partial charge < -0.3 is 15.2 Å². The van der Waals surface area contributed by atoms with Gasteiger partial charge in [-0.15, -0.1) is 0 Å². The third kappa shape index (κ3) is 4.93. The van der Waals surface area contributed by atoms with Crippen LogP contribution >= 0.6 is 0 Å². The second kappa shape index (κ2) is 7.17. The molecule has 1 fully saturated rings. The van der Waals surface area contributed by atoms with Gasteiger partial charge in [-0.25, -0.2) is 0 Å². The zero-order valence-corrected chi connectivity index (χ0v) is 9.95. The fourth-order valence-corrected chi connectivity index (χ4v) is 1.79. The summed E-state index contributed by atoms with van der Waals surface area (Å²) in [6.45, 7) is 9.59. The lowest BCUT2D eigenvalue weighted by Crippen LogP contribution is -2.49. The molecule has 0 spiro atoms. The number of morpholine rings is 1. The van der Waals surface area contributed by atoms with E-state index in [-0.39, 0.29) is 12.1 Å². The fourth-order valence-electron chi connectivity index (χ4n) is 1.79. The Bertz CT molecular complexity index is 165. The van der Waals surface area contributed by atoms with E-state index in [4.69, 9.17) is 15.2 Å². The second-order valence-corrected chi connectivity index (χ2v) is 4.12. The van der Waals surface area contributed by atoms with Gasteiger partial charge in [0, 0.05) is 38.9 Å². The molecular formula is C11H24N2O2. The van der Waals surface area contributed by atoms with Crippen LogP contribution in [0.5, 0.6) is 0 Å². The molecule has 4 nitrogen and oxygen atoms in total. The fraction of sp³-hybridized carbons (Fsp3) is 1.00. The lowest BCUT2D eigenvalue weighted by molar-refractivity contribution is -0.0394. The SMILES string of the molecule is CCOCCCN1CCOC(C(C)N)C1. The number of nitrogens with zero attached hydrogens (tertiary/aromatic N) is 1. The maximum atomic E-state index is 5.83. The zero-order chi connectivity index (χ0) is 11.1. The van der Waals surface area contributed by atoms with Crippen LogP contribution in [0.2, 0.25) is 0 Å². The van der Waals surface area contributed by atoms with Gasteiger partial charge in [-0.05, 0) is 20.3 Å². The number of rotatable bonds is 6. The Labute approximate surface area is 92.7 Å². The molecule has 0 bridgehead atoms. The van der Waals surface area contributed by atoms with Crippen LogP contribution < -0.4 is 5.73 Å². The van der Waals surface area contributed by atoms with E-state index in [9.17, 15) is 0 Å². The van der Waals surface area contributed by atoms with Crippen LogP contribution in [-0.2, 0) is 9.47 Å². The van der Waals surface area contributed by atoms with Crippen molar-refractivity contribution in [3.8, 4) is 0 Å². The van der Waals surface area contributed by atoms with Crippen LogP contribution in [0.3, 0.4) is 0 Å². The van der Waals surface area contributed by atoms with Gasteiger partial charge in [0.1, 0.15) is 0 Å². The molecule has 1 aliphatic rings. The minimum Gasteiger partial charge on any atom is -0.382 e. The number of hydrogen-bond donors (Lipinski definition) is 1. The predicted molar refractivity (Wildman–Crippen MR) is 60.9 cm³/mol. The van der Waals surface area contributed by atoms with Gasteiger partial charge in [0.2, 0.25) is 0 Å². The lowest BCUT2D eigenvalue weighted by Gasteiger charge is -2.34. The molecule has 0 aromatic carbocycles. The van der Waals surface area contributed by atoms with Crippen molar-refractivity contribution >= 4 is 0 Å². The molecule has 2 unspecified atom stereocenters. The standard InChI is InChI=1S/C11H24N2O2/c1-3-14-7-4-5-13-6-8-15-11(9-13)10(2)12/h10-11H,3-9,12H2,1-2H3. The Balaban J connectivity index is 2.13. The first-order chi connectivity index (χ1) is 7.24. The van der Waals surface area contributed by atoms with Crippen molar-refractivity contribution in [3.63, 3.8) is 0 Å². The van der Waals surface area contributed by atoms with E-state index < -0.39 is 0 Å². The van der Waals surface area contributed by atoms with Crippen molar-refractivity contribution in [2.24, 2.45) is 5.73 Å². The Morgan fingerprint density at radius 1 is 1.60 bits per heavy atom. The summed E-state index contributed by atoms with van der Waals surface area (Å²) < 4.78 is 10.9. The molecular weight excluding hydrogens is 192 g/mol. The van der Waals surface area contributed by atoms with Gasteiger partial charge >= 0.3 is 0 Å². The highest BCUT2D eigenvalue weighted by Crippen LogP contribution is 2.07. The quantitative estimate of drug-likeness (QED) is 0.655. The summed E-state index contributed by atoms with van der Waals surface area (Å²) in [4.78, 5) is 2.41. The van der Waals surface area contributed by atoms with Crippen LogP contribution in [0.15, 0.2) is 0 Å². The Morgan fingerprint density at radius 3 is 3.07 bits per heavy atom. The van der Waals surface area contributed by atoms with Crippen molar-refractivity contribution < 1.29 is 9.47 Å². The molecule has 0 amide bonds. The number of ether oxygens (including phenoxy) is 2. The van der Waals surface area contributed by atoms with Crippen LogP contribution in [0.1, 0.15) is 20.3 Å². The summed E-state index contributed by atoms with van der Waals surface area (Å²) in [5, 5.41) is 0. The Kier molecular flexibility index (Phi) is 6.17. The van der Waals surface area contributed by atoms with Gasteiger partial charge in [0.05, 0.1) is 12.7 Å². The molecule has 2 atom stereocenters. The van der Waals surface area contributed by atoms with Crippen LogP contribution in [0.25, 0.3) is 0 Å². The highest BCUT2D eigenvalue weighted by atomic mass is 16.5. The average Bonchev–Trinajstić information content (AvgIpc) is 2.25. The lowest BCUT2D eigenvalue weighted by atomic mass is 10.1. The topological polar surface area (TPSA) is 47.7 Å². The van der Waals surface area contributed by atoms with E-state index in [0.29, 0.717) is 0 Å². The van der Waals surface area contributed by atoms with Gasteiger partial charge in [-0.2, -0.15) is 0 Å². The van der Waals surface area contributed by atoms with Gasteiger partial charge in [0.15, 0.2) is 0 Å². The van der Waals surface area contributed by atoms with Crippen molar-refractivity contribution in [3.05, 3.63) is 0 Å². The molecule has 0 saturated carbocycles. The smallest absolute Gasteiger partial charge is 0.0850 e. The predicted octanol–water partition coefficient (Wildman–Crippen LogP) is 0.461. The highest BCUT2D eigenvalue weighted by molar-refractivity contribution is 4.77. The molecule has 0 radical (unpaired) electrons. The van der Waals surface area contributed by atoms with Crippen molar-refractivity contribution in [2.45, 2.75) is 32.4 Å². The largest absolute Gasteiger partial charge is 0.382 e. The number of hydrogen-bond acceptors (Lipinski definition) is 4.